The van der Waals surface area contributed by atoms with Gasteiger partial charge in [0.05, 0.1) is 0 Å². The number of para-hydroxylation sites is 1. The Labute approximate surface area is 147 Å². The maximum absolute atomic E-state index is 12.1. The van der Waals surface area contributed by atoms with E-state index >= 15 is 0 Å². The van der Waals surface area contributed by atoms with E-state index in [9.17, 15) is 9.59 Å². The van der Waals surface area contributed by atoms with Crippen LogP contribution in [0.1, 0.15) is 25.8 Å². The molecule has 0 bridgehead atoms. The van der Waals surface area contributed by atoms with E-state index in [0.717, 1.165) is 12.0 Å². The van der Waals surface area contributed by atoms with Crippen molar-refractivity contribution in [2.75, 3.05) is 16.0 Å². The molecule has 0 aliphatic rings. The number of carbonyl (C=O) groups excluding carboxylic acids is 2. The number of benzene rings is 2. The molecule has 0 saturated carbocycles. The summed E-state index contributed by atoms with van der Waals surface area (Å²) in [6.45, 7) is 5.65. The highest BCUT2D eigenvalue weighted by atomic mass is 16.6. The number of anilines is 3. The van der Waals surface area contributed by atoms with Crippen molar-refractivity contribution in [2.45, 2.75) is 33.3 Å². The summed E-state index contributed by atoms with van der Waals surface area (Å²) in [6, 6.07) is 14.1. The van der Waals surface area contributed by atoms with Crippen molar-refractivity contribution in [1.29, 1.82) is 0 Å². The summed E-state index contributed by atoms with van der Waals surface area (Å²) in [6.07, 6.45) is 0.0749. The Bertz CT molecular complexity index is 732. The van der Waals surface area contributed by atoms with Crippen molar-refractivity contribution in [2.24, 2.45) is 0 Å². The van der Waals surface area contributed by atoms with Crippen LogP contribution in [0.25, 0.3) is 0 Å². The minimum atomic E-state index is -0.516. The lowest BCUT2D eigenvalue weighted by Gasteiger charge is -2.14. The van der Waals surface area contributed by atoms with Crippen molar-refractivity contribution in [3.63, 3.8) is 0 Å². The van der Waals surface area contributed by atoms with Gasteiger partial charge in [-0.1, -0.05) is 31.2 Å². The van der Waals surface area contributed by atoms with Crippen molar-refractivity contribution in [1.82, 2.24) is 0 Å². The quantitative estimate of drug-likeness (QED) is 0.717. The van der Waals surface area contributed by atoms with Crippen molar-refractivity contribution >= 4 is 29.2 Å². The Balaban J connectivity index is 2.01. The van der Waals surface area contributed by atoms with Gasteiger partial charge in [-0.25, -0.2) is 9.59 Å². The third-order valence-corrected chi connectivity index (χ3v) is 3.65. The summed E-state index contributed by atoms with van der Waals surface area (Å²) in [5, 5.41) is 8.20. The predicted molar refractivity (Wildman–Crippen MR) is 100 cm³/mol. The maximum Gasteiger partial charge on any atom is 0.411 e. The topological polar surface area (TPSA) is 79.5 Å². The lowest BCUT2D eigenvalue weighted by atomic mass is 10.2. The summed E-state index contributed by atoms with van der Waals surface area (Å²) in [5.41, 5.74) is 2.73. The zero-order chi connectivity index (χ0) is 18.2. The van der Waals surface area contributed by atoms with E-state index in [4.69, 9.17) is 4.74 Å². The van der Waals surface area contributed by atoms with Gasteiger partial charge in [0.25, 0.3) is 0 Å². The molecule has 25 heavy (non-hydrogen) atoms. The average molecular weight is 341 g/mol. The number of hydrogen-bond acceptors (Lipinski definition) is 3. The molecule has 0 spiro atoms. The maximum atomic E-state index is 12.1. The van der Waals surface area contributed by atoms with E-state index in [1.807, 2.05) is 45.0 Å². The van der Waals surface area contributed by atoms with Gasteiger partial charge in [0, 0.05) is 17.1 Å². The first-order valence-electron chi connectivity index (χ1n) is 8.19. The molecule has 0 fully saturated rings. The molecule has 6 heteroatoms. The van der Waals surface area contributed by atoms with Gasteiger partial charge in [-0.05, 0) is 50.1 Å². The lowest BCUT2D eigenvalue weighted by molar-refractivity contribution is 0.118. The second-order valence-electron chi connectivity index (χ2n) is 5.72. The average Bonchev–Trinajstić information content (AvgIpc) is 2.58. The van der Waals surface area contributed by atoms with Gasteiger partial charge in [0.1, 0.15) is 6.10 Å². The van der Waals surface area contributed by atoms with Gasteiger partial charge in [0.15, 0.2) is 0 Å². The number of aryl methyl sites for hydroxylation is 1. The third kappa shape index (κ3) is 5.84. The van der Waals surface area contributed by atoms with E-state index in [1.165, 1.54) is 0 Å². The van der Waals surface area contributed by atoms with Crippen molar-refractivity contribution in [3.05, 3.63) is 54.1 Å². The van der Waals surface area contributed by atoms with Gasteiger partial charge >= 0.3 is 12.1 Å². The second-order valence-corrected chi connectivity index (χ2v) is 5.72. The van der Waals surface area contributed by atoms with Gasteiger partial charge < -0.3 is 15.4 Å². The van der Waals surface area contributed by atoms with Crippen LogP contribution in [0.5, 0.6) is 0 Å². The minimum Gasteiger partial charge on any atom is -0.446 e. The largest absolute Gasteiger partial charge is 0.446 e. The van der Waals surface area contributed by atoms with Crippen molar-refractivity contribution < 1.29 is 14.3 Å². The first kappa shape index (κ1) is 18.3. The fourth-order valence-electron chi connectivity index (χ4n) is 2.05. The Kier molecular flexibility index (Phi) is 6.39. The number of ether oxygens (including phenoxy) is 1. The fourth-order valence-corrected chi connectivity index (χ4v) is 2.05. The number of amides is 3. The molecule has 2 aromatic carbocycles. The van der Waals surface area contributed by atoms with Crippen LogP contribution in [-0.2, 0) is 4.74 Å². The smallest absolute Gasteiger partial charge is 0.411 e. The SMILES string of the molecule is CCC(C)OC(=O)Nc1ccc(C)c(NC(=O)Nc2ccccc2)c1. The molecule has 0 aliphatic carbocycles. The lowest BCUT2D eigenvalue weighted by Crippen LogP contribution is -2.21. The van der Waals surface area contributed by atoms with Crippen LogP contribution >= 0.6 is 0 Å². The van der Waals surface area contributed by atoms with E-state index in [2.05, 4.69) is 16.0 Å². The Hall–Kier alpha value is -3.02. The standard InChI is InChI=1S/C19H23N3O3/c1-4-14(3)25-19(24)21-16-11-10-13(2)17(12-16)22-18(23)20-15-8-6-5-7-9-15/h5-12,14H,4H2,1-3H3,(H,21,24)(H2,20,22,23). The molecule has 2 aromatic rings. The predicted octanol–water partition coefficient (Wildman–Crippen LogP) is 4.99. The van der Waals surface area contributed by atoms with Crippen LogP contribution in [0, 0.1) is 6.92 Å². The first-order chi connectivity index (χ1) is 12.0. The molecule has 1 unspecified atom stereocenters. The highest BCUT2D eigenvalue weighted by molar-refractivity contribution is 6.00. The molecule has 132 valence electrons. The molecule has 3 N–H and O–H groups in total. The number of hydrogen-bond donors (Lipinski definition) is 3. The molecule has 0 saturated heterocycles. The summed E-state index contributed by atoms with van der Waals surface area (Å²) in [7, 11) is 0. The molecule has 6 nitrogen and oxygen atoms in total. The molecular formula is C19H23N3O3. The van der Waals surface area contributed by atoms with Crippen LogP contribution in [0.2, 0.25) is 0 Å². The second kappa shape index (κ2) is 8.73. The molecule has 0 heterocycles. The summed E-state index contributed by atoms with van der Waals surface area (Å²) >= 11 is 0. The zero-order valence-corrected chi connectivity index (χ0v) is 14.6. The van der Waals surface area contributed by atoms with Crippen LogP contribution in [0.3, 0.4) is 0 Å². The van der Waals surface area contributed by atoms with E-state index in [1.54, 1.807) is 24.3 Å². The first-order valence-corrected chi connectivity index (χ1v) is 8.19. The highest BCUT2D eigenvalue weighted by Crippen LogP contribution is 2.21. The van der Waals surface area contributed by atoms with Crippen LogP contribution < -0.4 is 16.0 Å². The van der Waals surface area contributed by atoms with Crippen molar-refractivity contribution in [3.8, 4) is 0 Å². The molecule has 0 aliphatic heterocycles. The normalized spacial score (nSPS) is 11.3. The van der Waals surface area contributed by atoms with Gasteiger partial charge in [-0.3, -0.25) is 5.32 Å². The summed E-state index contributed by atoms with van der Waals surface area (Å²) in [5.74, 6) is 0. The van der Waals surface area contributed by atoms with E-state index in [0.29, 0.717) is 17.1 Å². The van der Waals surface area contributed by atoms with Gasteiger partial charge in [-0.2, -0.15) is 0 Å². The Morgan fingerprint density at radius 1 is 1.00 bits per heavy atom. The molecule has 3 amide bonds. The van der Waals surface area contributed by atoms with E-state index < -0.39 is 6.09 Å². The molecule has 1 atom stereocenters. The third-order valence-electron chi connectivity index (χ3n) is 3.65. The minimum absolute atomic E-state index is 0.153. The van der Waals surface area contributed by atoms with E-state index in [-0.39, 0.29) is 12.1 Å². The molecule has 0 radical (unpaired) electrons. The molecule has 0 aromatic heterocycles. The van der Waals surface area contributed by atoms with Gasteiger partial charge in [-0.15, -0.1) is 0 Å². The zero-order valence-electron chi connectivity index (χ0n) is 14.6. The Morgan fingerprint density at radius 3 is 2.40 bits per heavy atom. The number of carbonyl (C=O) groups is 2. The van der Waals surface area contributed by atoms with Crippen LogP contribution in [0.4, 0.5) is 26.7 Å². The highest BCUT2D eigenvalue weighted by Gasteiger charge is 2.10. The van der Waals surface area contributed by atoms with Crippen LogP contribution in [0.15, 0.2) is 48.5 Å². The fraction of sp³-hybridized carbons (Fsp3) is 0.263. The molecule has 2 rings (SSSR count). The number of rotatable bonds is 5. The van der Waals surface area contributed by atoms with Crippen LogP contribution in [-0.4, -0.2) is 18.2 Å². The summed E-state index contributed by atoms with van der Waals surface area (Å²) < 4.78 is 5.18. The summed E-state index contributed by atoms with van der Waals surface area (Å²) in [4.78, 5) is 23.9. The number of urea groups is 1. The Morgan fingerprint density at radius 2 is 1.72 bits per heavy atom. The molecular weight excluding hydrogens is 318 g/mol. The number of nitrogens with one attached hydrogen (secondary N) is 3. The van der Waals surface area contributed by atoms with Gasteiger partial charge in [0.2, 0.25) is 0 Å². The monoisotopic (exact) mass is 341 g/mol.